The van der Waals surface area contributed by atoms with Crippen molar-refractivity contribution in [3.05, 3.63) is 76.4 Å². The number of Topliss-reactive ketones (excluding diaryl/α,β-unsaturated/α-hetero) is 1. The Morgan fingerprint density at radius 3 is 2.74 bits per heavy atom. The van der Waals surface area contributed by atoms with E-state index in [0.29, 0.717) is 35.2 Å². The summed E-state index contributed by atoms with van der Waals surface area (Å²) in [6, 6.07) is 10.7. The number of aromatic hydroxyl groups is 1. The van der Waals surface area contributed by atoms with Crippen LogP contribution in [-0.2, 0) is 9.59 Å². The predicted octanol–water partition coefficient (Wildman–Crippen LogP) is 4.15. The van der Waals surface area contributed by atoms with Crippen LogP contribution < -0.4 is 15.4 Å². The quantitative estimate of drug-likeness (QED) is 0.689. The zero-order valence-corrected chi connectivity index (χ0v) is 17.3. The molecule has 1 heterocycles. The fraction of sp³-hybridized carbons (Fsp3) is 0.250. The van der Waals surface area contributed by atoms with Crippen LogP contribution in [0, 0.1) is 5.82 Å². The number of anilines is 1. The zero-order chi connectivity index (χ0) is 22.1. The standard InChI is InChI=1S/C24H23FN2O4/c1-13-21(24(30)27-16-7-4-3-6-15(16)25)22(14-10-11-18(28)20(12-14)31-2)23-17(26-13)8-5-9-19(23)29/h3-4,6-7,10-12,22,26,28H,5,8-9H2,1-2H3,(H,27,30). The van der Waals surface area contributed by atoms with Gasteiger partial charge in [-0.2, -0.15) is 0 Å². The summed E-state index contributed by atoms with van der Waals surface area (Å²) in [5.41, 5.74) is 2.95. The van der Waals surface area contributed by atoms with Crippen LogP contribution in [0.1, 0.15) is 37.7 Å². The summed E-state index contributed by atoms with van der Waals surface area (Å²) in [6.45, 7) is 1.77. The SMILES string of the molecule is COc1cc(C2C(C(=O)Nc3ccccc3F)=C(C)NC3=C2C(=O)CCC3)ccc1O. The molecule has 7 heteroatoms. The average Bonchev–Trinajstić information content (AvgIpc) is 2.75. The van der Waals surface area contributed by atoms with E-state index in [1.54, 1.807) is 31.2 Å². The highest BCUT2D eigenvalue weighted by Crippen LogP contribution is 2.44. The Kier molecular flexibility index (Phi) is 5.50. The normalized spacial score (nSPS) is 18.4. The molecule has 0 bridgehead atoms. The molecule has 31 heavy (non-hydrogen) atoms. The largest absolute Gasteiger partial charge is 0.504 e. The number of ketones is 1. The number of amides is 1. The number of methoxy groups -OCH3 is 1. The summed E-state index contributed by atoms with van der Waals surface area (Å²) in [5.74, 6) is -1.54. The third-order valence-electron chi connectivity index (χ3n) is 5.68. The van der Waals surface area contributed by atoms with Crippen molar-refractivity contribution in [1.82, 2.24) is 5.32 Å². The molecule has 0 aromatic heterocycles. The topological polar surface area (TPSA) is 87.7 Å². The Morgan fingerprint density at radius 1 is 1.23 bits per heavy atom. The number of para-hydroxylation sites is 1. The molecule has 3 N–H and O–H groups in total. The van der Waals surface area contributed by atoms with Gasteiger partial charge in [-0.3, -0.25) is 9.59 Å². The molecule has 1 unspecified atom stereocenters. The van der Waals surface area contributed by atoms with Crippen molar-refractivity contribution in [3.63, 3.8) is 0 Å². The summed E-state index contributed by atoms with van der Waals surface area (Å²) in [6.07, 6.45) is 1.83. The van der Waals surface area contributed by atoms with Gasteiger partial charge in [0, 0.05) is 34.9 Å². The lowest BCUT2D eigenvalue weighted by Gasteiger charge is -2.34. The minimum absolute atomic E-state index is 0.0329. The number of hydrogen-bond acceptors (Lipinski definition) is 5. The van der Waals surface area contributed by atoms with Crippen LogP contribution in [-0.4, -0.2) is 23.9 Å². The van der Waals surface area contributed by atoms with Gasteiger partial charge in [0.2, 0.25) is 0 Å². The van der Waals surface area contributed by atoms with Crippen molar-refractivity contribution in [2.45, 2.75) is 32.1 Å². The van der Waals surface area contributed by atoms with Crippen LogP contribution in [0.25, 0.3) is 0 Å². The third kappa shape index (κ3) is 3.79. The fourth-order valence-electron chi connectivity index (χ4n) is 4.24. The maximum absolute atomic E-state index is 14.2. The molecule has 6 nitrogen and oxygen atoms in total. The van der Waals surface area contributed by atoms with Crippen molar-refractivity contribution < 1.29 is 23.8 Å². The Morgan fingerprint density at radius 2 is 2.00 bits per heavy atom. The first-order valence-corrected chi connectivity index (χ1v) is 10.1. The molecule has 1 aliphatic carbocycles. The van der Waals surface area contributed by atoms with E-state index in [9.17, 15) is 19.1 Å². The molecule has 1 amide bonds. The summed E-state index contributed by atoms with van der Waals surface area (Å²) in [4.78, 5) is 26.3. The number of phenolic OH excluding ortho intramolecular Hbond substituents is 1. The molecule has 0 radical (unpaired) electrons. The van der Waals surface area contributed by atoms with Gasteiger partial charge in [-0.15, -0.1) is 0 Å². The summed E-state index contributed by atoms with van der Waals surface area (Å²) < 4.78 is 19.4. The lowest BCUT2D eigenvalue weighted by molar-refractivity contribution is -0.116. The van der Waals surface area contributed by atoms with E-state index >= 15 is 0 Å². The van der Waals surface area contributed by atoms with Crippen LogP contribution in [0.5, 0.6) is 11.5 Å². The van der Waals surface area contributed by atoms with Crippen molar-refractivity contribution in [2.75, 3.05) is 12.4 Å². The third-order valence-corrected chi connectivity index (χ3v) is 5.68. The summed E-state index contributed by atoms with van der Waals surface area (Å²) in [5, 5.41) is 15.9. The number of hydrogen-bond donors (Lipinski definition) is 3. The highest BCUT2D eigenvalue weighted by Gasteiger charge is 2.38. The van der Waals surface area contributed by atoms with E-state index in [-0.39, 0.29) is 23.0 Å². The van der Waals surface area contributed by atoms with Crippen LogP contribution in [0.2, 0.25) is 0 Å². The number of carbonyl (C=O) groups is 2. The molecule has 4 rings (SSSR count). The lowest BCUT2D eigenvalue weighted by Crippen LogP contribution is -2.35. The number of halogens is 1. The van der Waals surface area contributed by atoms with E-state index in [4.69, 9.17) is 4.74 Å². The van der Waals surface area contributed by atoms with Crippen molar-refractivity contribution in [3.8, 4) is 11.5 Å². The Labute approximate surface area is 179 Å². The summed E-state index contributed by atoms with van der Waals surface area (Å²) in [7, 11) is 1.44. The second kappa shape index (κ2) is 8.26. The molecule has 0 saturated heterocycles. The van der Waals surface area contributed by atoms with Gasteiger partial charge in [-0.1, -0.05) is 18.2 Å². The van der Waals surface area contributed by atoms with Crippen molar-refractivity contribution in [2.24, 2.45) is 0 Å². The van der Waals surface area contributed by atoms with Crippen LogP contribution >= 0.6 is 0 Å². The Balaban J connectivity index is 1.83. The lowest BCUT2D eigenvalue weighted by atomic mass is 9.75. The van der Waals surface area contributed by atoms with E-state index in [2.05, 4.69) is 10.6 Å². The van der Waals surface area contributed by atoms with Gasteiger partial charge in [-0.25, -0.2) is 4.39 Å². The van der Waals surface area contributed by atoms with E-state index in [1.807, 2.05) is 0 Å². The molecule has 2 aromatic carbocycles. The zero-order valence-electron chi connectivity index (χ0n) is 17.3. The Hall–Kier alpha value is -3.61. The minimum atomic E-state index is -0.662. The first-order valence-electron chi connectivity index (χ1n) is 10.1. The number of rotatable bonds is 4. The predicted molar refractivity (Wildman–Crippen MR) is 114 cm³/mol. The van der Waals surface area contributed by atoms with Crippen LogP contribution in [0.15, 0.2) is 65.0 Å². The van der Waals surface area contributed by atoms with E-state index in [1.165, 1.54) is 25.3 Å². The van der Waals surface area contributed by atoms with E-state index < -0.39 is 17.6 Å². The first kappa shape index (κ1) is 20.7. The summed E-state index contributed by atoms with van der Waals surface area (Å²) >= 11 is 0. The molecule has 1 atom stereocenters. The highest BCUT2D eigenvalue weighted by atomic mass is 19.1. The number of nitrogens with one attached hydrogen (secondary N) is 2. The minimum Gasteiger partial charge on any atom is -0.504 e. The van der Waals surface area contributed by atoms with Crippen molar-refractivity contribution in [1.29, 1.82) is 0 Å². The van der Waals surface area contributed by atoms with Gasteiger partial charge in [0.15, 0.2) is 17.3 Å². The molecular formula is C24H23FN2O4. The van der Waals surface area contributed by atoms with Gasteiger partial charge in [0.25, 0.3) is 5.91 Å². The van der Waals surface area contributed by atoms with Gasteiger partial charge in [0.05, 0.1) is 12.8 Å². The molecule has 0 fully saturated rings. The number of phenols is 1. The van der Waals surface area contributed by atoms with Gasteiger partial charge < -0.3 is 20.5 Å². The monoisotopic (exact) mass is 422 g/mol. The van der Waals surface area contributed by atoms with E-state index in [0.717, 1.165) is 12.1 Å². The number of allylic oxidation sites excluding steroid dienone is 3. The molecule has 0 saturated carbocycles. The molecule has 160 valence electrons. The second-order valence-corrected chi connectivity index (χ2v) is 7.63. The molecular weight excluding hydrogens is 399 g/mol. The smallest absolute Gasteiger partial charge is 0.254 e. The first-order chi connectivity index (χ1) is 14.9. The maximum atomic E-state index is 14.2. The van der Waals surface area contributed by atoms with Crippen LogP contribution in [0.4, 0.5) is 10.1 Å². The van der Waals surface area contributed by atoms with Gasteiger partial charge >= 0.3 is 0 Å². The van der Waals surface area contributed by atoms with Crippen LogP contribution in [0.3, 0.4) is 0 Å². The molecule has 2 aliphatic rings. The fourth-order valence-corrected chi connectivity index (χ4v) is 4.24. The molecule has 1 aliphatic heterocycles. The number of dihydropyridines is 1. The maximum Gasteiger partial charge on any atom is 0.254 e. The van der Waals surface area contributed by atoms with Gasteiger partial charge in [-0.05, 0) is 49.6 Å². The molecule has 0 spiro atoms. The number of benzene rings is 2. The number of carbonyl (C=O) groups excluding carboxylic acids is 2. The highest BCUT2D eigenvalue weighted by molar-refractivity contribution is 6.09. The van der Waals surface area contributed by atoms with Crippen molar-refractivity contribution >= 4 is 17.4 Å². The average molecular weight is 422 g/mol. The van der Waals surface area contributed by atoms with Gasteiger partial charge in [0.1, 0.15) is 5.82 Å². The Bertz CT molecular complexity index is 1140. The second-order valence-electron chi connectivity index (χ2n) is 7.63. The molecule has 2 aromatic rings. The number of ether oxygens (including phenoxy) is 1.